The number of rotatable bonds is 3. The number of benzene rings is 1. The first kappa shape index (κ1) is 14.3. The number of ether oxygens (including phenoxy) is 2. The molecule has 4 nitrogen and oxygen atoms in total. The standard InChI is InChI=1S/C17H21NO3/c19-16(10-9-14-6-2-1-3-7-14)18-11-5-4-8-15(18)17-20-12-13-21-17/h1-3,6-7,9-10,15,17H,4-5,8,11-13H2/b10-9+/t15-/m1/s1. The Labute approximate surface area is 125 Å². The number of carbonyl (C=O) groups is 1. The molecule has 112 valence electrons. The summed E-state index contributed by atoms with van der Waals surface area (Å²) < 4.78 is 11.2. The van der Waals surface area contributed by atoms with Crippen molar-refractivity contribution in [3.05, 3.63) is 42.0 Å². The van der Waals surface area contributed by atoms with E-state index in [1.54, 1.807) is 6.08 Å². The van der Waals surface area contributed by atoms with E-state index in [-0.39, 0.29) is 18.2 Å². The maximum Gasteiger partial charge on any atom is 0.246 e. The Morgan fingerprint density at radius 2 is 1.90 bits per heavy atom. The third-order valence-corrected chi connectivity index (χ3v) is 4.01. The van der Waals surface area contributed by atoms with Gasteiger partial charge in [-0.1, -0.05) is 30.3 Å². The molecule has 0 radical (unpaired) electrons. The summed E-state index contributed by atoms with van der Waals surface area (Å²) in [5.74, 6) is 0.0441. The molecule has 2 saturated heterocycles. The van der Waals surface area contributed by atoms with Crippen LogP contribution in [0, 0.1) is 0 Å². The fourth-order valence-corrected chi connectivity index (χ4v) is 2.94. The molecule has 1 aromatic carbocycles. The van der Waals surface area contributed by atoms with Crippen LogP contribution >= 0.6 is 0 Å². The first-order valence-electron chi connectivity index (χ1n) is 7.61. The molecule has 3 rings (SSSR count). The van der Waals surface area contributed by atoms with Crippen LogP contribution in [0.1, 0.15) is 24.8 Å². The second kappa shape index (κ2) is 6.87. The van der Waals surface area contributed by atoms with Crippen molar-refractivity contribution in [1.29, 1.82) is 0 Å². The number of likely N-dealkylation sites (tertiary alicyclic amines) is 1. The van der Waals surface area contributed by atoms with E-state index in [0.717, 1.165) is 31.4 Å². The maximum absolute atomic E-state index is 12.5. The molecule has 4 heteroatoms. The van der Waals surface area contributed by atoms with Gasteiger partial charge in [0.15, 0.2) is 6.29 Å². The normalized spacial score (nSPS) is 23.8. The highest BCUT2D eigenvalue weighted by atomic mass is 16.7. The van der Waals surface area contributed by atoms with Crippen LogP contribution in [-0.4, -0.2) is 42.9 Å². The predicted octanol–water partition coefficient (Wildman–Crippen LogP) is 2.45. The van der Waals surface area contributed by atoms with Gasteiger partial charge < -0.3 is 14.4 Å². The Kier molecular flexibility index (Phi) is 4.68. The van der Waals surface area contributed by atoms with Gasteiger partial charge in [-0.25, -0.2) is 0 Å². The molecule has 0 N–H and O–H groups in total. The van der Waals surface area contributed by atoms with Gasteiger partial charge in [-0.05, 0) is 30.9 Å². The van der Waals surface area contributed by atoms with Gasteiger partial charge in [0.05, 0.1) is 19.3 Å². The van der Waals surface area contributed by atoms with Gasteiger partial charge in [-0.2, -0.15) is 0 Å². The van der Waals surface area contributed by atoms with E-state index < -0.39 is 0 Å². The van der Waals surface area contributed by atoms with Crippen molar-refractivity contribution in [2.24, 2.45) is 0 Å². The summed E-state index contributed by atoms with van der Waals surface area (Å²) in [4.78, 5) is 14.4. The van der Waals surface area contributed by atoms with Gasteiger partial charge in [0.25, 0.3) is 0 Å². The average Bonchev–Trinajstić information content (AvgIpc) is 3.08. The minimum Gasteiger partial charge on any atom is -0.348 e. The highest BCUT2D eigenvalue weighted by Gasteiger charge is 2.35. The molecule has 21 heavy (non-hydrogen) atoms. The minimum atomic E-state index is -0.251. The predicted molar refractivity (Wildman–Crippen MR) is 80.5 cm³/mol. The fraction of sp³-hybridized carbons (Fsp3) is 0.471. The largest absolute Gasteiger partial charge is 0.348 e. The molecule has 0 aromatic heterocycles. The Bertz CT molecular complexity index is 494. The highest BCUT2D eigenvalue weighted by molar-refractivity contribution is 5.92. The summed E-state index contributed by atoms with van der Waals surface area (Å²) in [7, 11) is 0. The minimum absolute atomic E-state index is 0.0441. The Morgan fingerprint density at radius 3 is 2.67 bits per heavy atom. The summed E-state index contributed by atoms with van der Waals surface area (Å²) in [5.41, 5.74) is 1.03. The maximum atomic E-state index is 12.5. The summed E-state index contributed by atoms with van der Waals surface area (Å²) >= 11 is 0. The van der Waals surface area contributed by atoms with Gasteiger partial charge in [0, 0.05) is 12.6 Å². The second-order valence-electron chi connectivity index (χ2n) is 5.45. The van der Waals surface area contributed by atoms with Crippen LogP contribution in [0.4, 0.5) is 0 Å². The number of amides is 1. The number of hydrogen-bond acceptors (Lipinski definition) is 3. The SMILES string of the molecule is O=C(/C=C/c1ccccc1)N1CCCC[C@@H]1C1OCCO1. The van der Waals surface area contributed by atoms with Gasteiger partial charge >= 0.3 is 0 Å². The zero-order valence-electron chi connectivity index (χ0n) is 12.1. The summed E-state index contributed by atoms with van der Waals surface area (Å²) in [6.07, 6.45) is 6.40. The molecular formula is C17H21NO3. The first-order valence-corrected chi connectivity index (χ1v) is 7.61. The average molecular weight is 287 g/mol. The topological polar surface area (TPSA) is 38.8 Å². The van der Waals surface area contributed by atoms with Crippen molar-refractivity contribution in [2.45, 2.75) is 31.6 Å². The molecule has 0 spiro atoms. The van der Waals surface area contributed by atoms with Gasteiger partial charge in [-0.3, -0.25) is 4.79 Å². The highest BCUT2D eigenvalue weighted by Crippen LogP contribution is 2.24. The lowest BCUT2D eigenvalue weighted by atomic mass is 10.0. The van der Waals surface area contributed by atoms with Crippen LogP contribution in [0.3, 0.4) is 0 Å². The molecule has 0 aliphatic carbocycles. The number of nitrogens with zero attached hydrogens (tertiary/aromatic N) is 1. The molecule has 2 aliphatic heterocycles. The Hall–Kier alpha value is -1.65. The molecule has 0 unspecified atom stereocenters. The number of hydrogen-bond donors (Lipinski definition) is 0. The third kappa shape index (κ3) is 3.52. The summed E-state index contributed by atoms with van der Waals surface area (Å²) in [6, 6.07) is 9.92. The van der Waals surface area contributed by atoms with Gasteiger partial charge in [0.1, 0.15) is 0 Å². The van der Waals surface area contributed by atoms with E-state index in [2.05, 4.69) is 0 Å². The van der Waals surface area contributed by atoms with Crippen molar-refractivity contribution in [1.82, 2.24) is 4.90 Å². The molecule has 2 heterocycles. The van der Waals surface area contributed by atoms with E-state index in [9.17, 15) is 4.79 Å². The van der Waals surface area contributed by atoms with Crippen molar-refractivity contribution in [3.63, 3.8) is 0 Å². The van der Waals surface area contributed by atoms with E-state index in [4.69, 9.17) is 9.47 Å². The van der Waals surface area contributed by atoms with E-state index in [1.165, 1.54) is 0 Å². The number of piperidine rings is 1. The molecule has 0 bridgehead atoms. The lowest BCUT2D eigenvalue weighted by Crippen LogP contribution is -2.49. The van der Waals surface area contributed by atoms with Gasteiger partial charge in [-0.15, -0.1) is 0 Å². The molecular weight excluding hydrogens is 266 g/mol. The monoisotopic (exact) mass is 287 g/mol. The zero-order valence-corrected chi connectivity index (χ0v) is 12.1. The molecule has 0 saturated carbocycles. The van der Waals surface area contributed by atoms with Crippen LogP contribution in [0.5, 0.6) is 0 Å². The summed E-state index contributed by atoms with van der Waals surface area (Å²) in [5, 5.41) is 0. The van der Waals surface area contributed by atoms with Crippen LogP contribution in [0.15, 0.2) is 36.4 Å². The Morgan fingerprint density at radius 1 is 1.14 bits per heavy atom. The van der Waals surface area contributed by atoms with Crippen LogP contribution in [0.2, 0.25) is 0 Å². The van der Waals surface area contributed by atoms with Gasteiger partial charge in [0.2, 0.25) is 5.91 Å². The quantitative estimate of drug-likeness (QED) is 0.802. The van der Waals surface area contributed by atoms with E-state index in [0.29, 0.717) is 13.2 Å². The van der Waals surface area contributed by atoms with Crippen molar-refractivity contribution in [2.75, 3.05) is 19.8 Å². The lowest BCUT2D eigenvalue weighted by molar-refractivity contribution is -0.145. The smallest absolute Gasteiger partial charge is 0.246 e. The lowest BCUT2D eigenvalue weighted by Gasteiger charge is -2.37. The van der Waals surface area contributed by atoms with E-state index >= 15 is 0 Å². The summed E-state index contributed by atoms with van der Waals surface area (Å²) in [6.45, 7) is 2.04. The van der Waals surface area contributed by atoms with Crippen LogP contribution < -0.4 is 0 Å². The van der Waals surface area contributed by atoms with Crippen molar-refractivity contribution in [3.8, 4) is 0 Å². The molecule has 1 atom stereocenters. The van der Waals surface area contributed by atoms with Crippen LogP contribution in [-0.2, 0) is 14.3 Å². The first-order chi connectivity index (χ1) is 10.3. The molecule has 1 amide bonds. The van der Waals surface area contributed by atoms with Crippen LogP contribution in [0.25, 0.3) is 6.08 Å². The zero-order chi connectivity index (χ0) is 14.5. The number of carbonyl (C=O) groups excluding carboxylic acids is 1. The van der Waals surface area contributed by atoms with Crippen molar-refractivity contribution < 1.29 is 14.3 Å². The fourth-order valence-electron chi connectivity index (χ4n) is 2.94. The Balaban J connectivity index is 1.67. The second-order valence-corrected chi connectivity index (χ2v) is 5.45. The molecule has 1 aromatic rings. The molecule has 2 fully saturated rings. The van der Waals surface area contributed by atoms with Crippen molar-refractivity contribution >= 4 is 12.0 Å². The third-order valence-electron chi connectivity index (χ3n) is 4.01. The molecule has 2 aliphatic rings. The van der Waals surface area contributed by atoms with E-state index in [1.807, 2.05) is 41.3 Å².